The molecule has 2 N–H and O–H groups in total. The molecule has 1 aromatic carbocycles. The lowest BCUT2D eigenvalue weighted by atomic mass is 10.1. The van der Waals surface area contributed by atoms with E-state index in [1.807, 2.05) is 13.1 Å². The van der Waals surface area contributed by atoms with Crippen LogP contribution in [-0.2, 0) is 0 Å². The van der Waals surface area contributed by atoms with Crippen LogP contribution < -0.4 is 10.1 Å². The molecule has 0 radical (unpaired) electrons. The maximum Gasteiger partial charge on any atom is 0.122 e. The quantitative estimate of drug-likeness (QED) is 0.716. The fourth-order valence-corrected chi connectivity index (χ4v) is 1.67. The number of ether oxygens (including phenoxy) is 1. The Balaban J connectivity index is 2.57. The first-order chi connectivity index (χ1) is 8.19. The van der Waals surface area contributed by atoms with Gasteiger partial charge in [0, 0.05) is 12.6 Å². The van der Waals surface area contributed by atoms with Crippen molar-refractivity contribution in [2.24, 2.45) is 0 Å². The Morgan fingerprint density at radius 3 is 2.71 bits per heavy atom. The van der Waals surface area contributed by atoms with Gasteiger partial charge in [-0.15, -0.1) is 0 Å². The number of hydrogen-bond acceptors (Lipinski definition) is 3. The molecule has 1 aromatic rings. The number of aliphatic hydroxyl groups excluding tert-OH is 1. The van der Waals surface area contributed by atoms with E-state index in [-0.39, 0.29) is 6.61 Å². The first-order valence-corrected chi connectivity index (χ1v) is 6.20. The Morgan fingerprint density at radius 1 is 1.35 bits per heavy atom. The summed E-state index contributed by atoms with van der Waals surface area (Å²) in [6, 6.07) is 6.63. The van der Waals surface area contributed by atoms with E-state index >= 15 is 0 Å². The zero-order valence-electron chi connectivity index (χ0n) is 11.0. The third-order valence-corrected chi connectivity index (χ3v) is 2.94. The summed E-state index contributed by atoms with van der Waals surface area (Å²) in [4.78, 5) is 0. The number of benzene rings is 1. The van der Waals surface area contributed by atoms with Gasteiger partial charge in [0.2, 0.25) is 0 Å². The number of hydrogen-bond donors (Lipinski definition) is 2. The fraction of sp³-hybridized carbons (Fsp3) is 0.571. The van der Waals surface area contributed by atoms with Crippen molar-refractivity contribution in [1.82, 2.24) is 5.32 Å². The van der Waals surface area contributed by atoms with Gasteiger partial charge in [0.25, 0.3) is 0 Å². The molecule has 0 aliphatic carbocycles. The van der Waals surface area contributed by atoms with E-state index in [1.54, 1.807) is 0 Å². The van der Waals surface area contributed by atoms with Crippen molar-refractivity contribution in [3.63, 3.8) is 0 Å². The lowest BCUT2D eigenvalue weighted by molar-refractivity contribution is 0.252. The minimum absolute atomic E-state index is 0.237. The van der Waals surface area contributed by atoms with Crippen LogP contribution in [-0.4, -0.2) is 25.4 Å². The van der Waals surface area contributed by atoms with Crippen LogP contribution in [0.1, 0.15) is 36.9 Å². The molecule has 0 amide bonds. The first-order valence-electron chi connectivity index (χ1n) is 6.20. The number of nitrogens with one attached hydrogen (secondary N) is 1. The van der Waals surface area contributed by atoms with E-state index in [9.17, 15) is 0 Å². The molecule has 0 spiro atoms. The van der Waals surface area contributed by atoms with Crippen LogP contribution >= 0.6 is 0 Å². The van der Waals surface area contributed by atoms with Crippen LogP contribution in [0.3, 0.4) is 0 Å². The van der Waals surface area contributed by atoms with Crippen LogP contribution in [0.15, 0.2) is 18.2 Å². The summed E-state index contributed by atoms with van der Waals surface area (Å²) in [5, 5.41) is 11.9. The molecular formula is C14H23NO2. The topological polar surface area (TPSA) is 41.5 Å². The summed E-state index contributed by atoms with van der Waals surface area (Å²) in [6.45, 7) is 5.10. The maximum absolute atomic E-state index is 8.68. The highest BCUT2D eigenvalue weighted by Gasteiger charge is 2.05. The normalized spacial score (nSPS) is 12.5. The van der Waals surface area contributed by atoms with E-state index < -0.39 is 0 Å². The number of unbranched alkanes of at least 4 members (excludes halogenated alkanes) is 1. The third-order valence-electron chi connectivity index (χ3n) is 2.94. The van der Waals surface area contributed by atoms with E-state index in [1.165, 1.54) is 5.56 Å². The van der Waals surface area contributed by atoms with E-state index in [0.717, 1.165) is 24.2 Å². The average Bonchev–Trinajstić information content (AvgIpc) is 2.35. The van der Waals surface area contributed by atoms with Crippen molar-refractivity contribution in [1.29, 1.82) is 0 Å². The van der Waals surface area contributed by atoms with Gasteiger partial charge >= 0.3 is 0 Å². The highest BCUT2D eigenvalue weighted by Crippen LogP contribution is 2.22. The predicted molar refractivity (Wildman–Crippen MR) is 70.5 cm³/mol. The molecule has 0 aliphatic rings. The van der Waals surface area contributed by atoms with Gasteiger partial charge in [-0.2, -0.15) is 0 Å². The Hall–Kier alpha value is -1.06. The minimum Gasteiger partial charge on any atom is -0.493 e. The number of aryl methyl sites for hydroxylation is 1. The monoisotopic (exact) mass is 237 g/mol. The van der Waals surface area contributed by atoms with Gasteiger partial charge in [0.15, 0.2) is 0 Å². The minimum atomic E-state index is 0.237. The van der Waals surface area contributed by atoms with Crippen molar-refractivity contribution >= 4 is 0 Å². The van der Waals surface area contributed by atoms with Crippen molar-refractivity contribution in [3.05, 3.63) is 29.3 Å². The molecule has 96 valence electrons. The largest absolute Gasteiger partial charge is 0.493 e. The summed E-state index contributed by atoms with van der Waals surface area (Å²) in [5.41, 5.74) is 2.43. The van der Waals surface area contributed by atoms with Gasteiger partial charge in [-0.1, -0.05) is 12.1 Å². The third kappa shape index (κ3) is 4.36. The average molecular weight is 237 g/mol. The molecule has 0 saturated carbocycles. The van der Waals surface area contributed by atoms with E-state index in [0.29, 0.717) is 12.6 Å². The Morgan fingerprint density at radius 2 is 2.12 bits per heavy atom. The van der Waals surface area contributed by atoms with Crippen LogP contribution in [0.4, 0.5) is 0 Å². The van der Waals surface area contributed by atoms with Crippen LogP contribution in [0.25, 0.3) is 0 Å². The van der Waals surface area contributed by atoms with Gasteiger partial charge in [0.05, 0.1) is 6.61 Å². The second-order valence-electron chi connectivity index (χ2n) is 4.31. The summed E-state index contributed by atoms with van der Waals surface area (Å²) in [6.07, 6.45) is 1.69. The first kappa shape index (κ1) is 14.0. The maximum atomic E-state index is 8.68. The van der Waals surface area contributed by atoms with Gasteiger partial charge in [-0.3, -0.25) is 0 Å². The lowest BCUT2D eigenvalue weighted by Crippen LogP contribution is -2.12. The molecule has 0 aliphatic heterocycles. The van der Waals surface area contributed by atoms with Gasteiger partial charge in [-0.25, -0.2) is 0 Å². The molecular weight excluding hydrogens is 214 g/mol. The van der Waals surface area contributed by atoms with Gasteiger partial charge < -0.3 is 15.2 Å². The van der Waals surface area contributed by atoms with Gasteiger partial charge in [0.1, 0.15) is 5.75 Å². The molecule has 3 nitrogen and oxygen atoms in total. The van der Waals surface area contributed by atoms with E-state index in [2.05, 4.69) is 31.3 Å². The van der Waals surface area contributed by atoms with E-state index in [4.69, 9.17) is 9.84 Å². The molecule has 0 saturated heterocycles. The Bertz CT molecular complexity index is 339. The molecule has 1 rings (SSSR count). The highest BCUT2D eigenvalue weighted by molar-refractivity contribution is 5.37. The van der Waals surface area contributed by atoms with Crippen LogP contribution in [0.2, 0.25) is 0 Å². The second kappa shape index (κ2) is 7.30. The highest BCUT2D eigenvalue weighted by atomic mass is 16.5. The standard InChI is InChI=1S/C14H23NO2/c1-11-10-13(12(2)15-3)6-7-14(11)17-9-5-4-8-16/h6-7,10,12,15-16H,4-5,8-9H2,1-3H3. The smallest absolute Gasteiger partial charge is 0.122 e. The summed E-state index contributed by atoms with van der Waals surface area (Å²) in [7, 11) is 1.96. The Labute approximate surface area is 104 Å². The molecule has 1 atom stereocenters. The van der Waals surface area contributed by atoms with Crippen molar-refractivity contribution in [2.75, 3.05) is 20.3 Å². The number of rotatable bonds is 7. The predicted octanol–water partition coefficient (Wildman–Crippen LogP) is 2.43. The number of aliphatic hydroxyl groups is 1. The lowest BCUT2D eigenvalue weighted by Gasteiger charge is -2.14. The molecule has 0 aromatic heterocycles. The van der Waals surface area contributed by atoms with Crippen molar-refractivity contribution in [3.8, 4) is 5.75 Å². The summed E-state index contributed by atoms with van der Waals surface area (Å²) >= 11 is 0. The zero-order valence-corrected chi connectivity index (χ0v) is 11.0. The van der Waals surface area contributed by atoms with Crippen LogP contribution in [0, 0.1) is 6.92 Å². The molecule has 0 fully saturated rings. The SMILES string of the molecule is CNC(C)c1ccc(OCCCCO)c(C)c1. The Kier molecular flexibility index (Phi) is 6.01. The molecule has 0 heterocycles. The molecule has 1 unspecified atom stereocenters. The zero-order chi connectivity index (χ0) is 12.7. The molecule has 0 bridgehead atoms. The molecule has 3 heteroatoms. The molecule has 17 heavy (non-hydrogen) atoms. The fourth-order valence-electron chi connectivity index (χ4n) is 1.67. The van der Waals surface area contributed by atoms with Crippen molar-refractivity contribution < 1.29 is 9.84 Å². The summed E-state index contributed by atoms with van der Waals surface area (Å²) < 4.78 is 5.68. The second-order valence-corrected chi connectivity index (χ2v) is 4.31. The van der Waals surface area contributed by atoms with Crippen molar-refractivity contribution in [2.45, 2.75) is 32.7 Å². The van der Waals surface area contributed by atoms with Gasteiger partial charge in [-0.05, 0) is 50.9 Å². The summed E-state index contributed by atoms with van der Waals surface area (Å²) in [5.74, 6) is 0.940. The van der Waals surface area contributed by atoms with Crippen LogP contribution in [0.5, 0.6) is 5.75 Å².